The van der Waals surface area contributed by atoms with Crippen molar-refractivity contribution in [1.29, 1.82) is 0 Å². The molecule has 22 heavy (non-hydrogen) atoms. The molecule has 6 nitrogen and oxygen atoms in total. The Morgan fingerprint density at radius 3 is 2.59 bits per heavy atom. The molecule has 0 radical (unpaired) electrons. The summed E-state index contributed by atoms with van der Waals surface area (Å²) < 4.78 is 23.9. The summed E-state index contributed by atoms with van der Waals surface area (Å²) in [6.45, 7) is 5.87. The van der Waals surface area contributed by atoms with Crippen molar-refractivity contribution in [3.05, 3.63) is 17.0 Å². The normalized spacial score (nSPS) is 25.5. The highest BCUT2D eigenvalue weighted by Gasteiger charge is 2.33. The molecule has 3 rings (SSSR count). The van der Waals surface area contributed by atoms with Gasteiger partial charge in [-0.05, 0) is 19.8 Å². The summed E-state index contributed by atoms with van der Waals surface area (Å²) >= 11 is 5.99. The second kappa shape index (κ2) is 6.29. The molecule has 2 aliphatic heterocycles. The lowest BCUT2D eigenvalue weighted by molar-refractivity contribution is 0.255. The van der Waals surface area contributed by atoms with Gasteiger partial charge < -0.3 is 4.90 Å². The minimum atomic E-state index is -2.86. The summed E-state index contributed by atoms with van der Waals surface area (Å²) in [5, 5.41) is 0.289. The maximum absolute atomic E-state index is 11.9. The predicted molar refractivity (Wildman–Crippen MR) is 87.2 cm³/mol. The number of aryl methyl sites for hydroxylation is 1. The number of sulfone groups is 1. The second-order valence-corrected chi connectivity index (χ2v) is 8.80. The van der Waals surface area contributed by atoms with Gasteiger partial charge in [-0.2, -0.15) is 0 Å². The third kappa shape index (κ3) is 3.52. The zero-order valence-corrected chi connectivity index (χ0v) is 14.3. The summed E-state index contributed by atoms with van der Waals surface area (Å²) in [7, 11) is -2.86. The number of piperazine rings is 1. The first-order valence-electron chi connectivity index (χ1n) is 7.64. The highest BCUT2D eigenvalue weighted by molar-refractivity contribution is 7.92. The summed E-state index contributed by atoms with van der Waals surface area (Å²) in [6.07, 6.45) is 1.62. The number of halogens is 1. The number of nitrogens with zero attached hydrogens (tertiary/aromatic N) is 4. The van der Waals surface area contributed by atoms with Crippen molar-refractivity contribution in [2.24, 2.45) is 0 Å². The fourth-order valence-electron chi connectivity index (χ4n) is 3.19. The fraction of sp³-hybridized carbons (Fsp3) is 0.714. The van der Waals surface area contributed by atoms with Gasteiger partial charge in [-0.3, -0.25) is 4.90 Å². The fourth-order valence-corrected chi connectivity index (χ4v) is 5.28. The Hall–Kier alpha value is -0.920. The average molecular weight is 345 g/mol. The summed E-state index contributed by atoms with van der Waals surface area (Å²) in [5.41, 5.74) is 0. The van der Waals surface area contributed by atoms with Gasteiger partial charge in [0, 0.05) is 38.8 Å². The van der Waals surface area contributed by atoms with E-state index in [1.807, 2.05) is 6.92 Å². The Morgan fingerprint density at radius 2 is 2.00 bits per heavy atom. The Labute approximate surface area is 136 Å². The molecule has 0 unspecified atom stereocenters. The Balaban J connectivity index is 1.58. The molecule has 2 saturated heterocycles. The highest BCUT2D eigenvalue weighted by Crippen LogP contribution is 2.22. The van der Waals surface area contributed by atoms with Crippen molar-refractivity contribution in [3.63, 3.8) is 0 Å². The number of hydrogen-bond acceptors (Lipinski definition) is 6. The lowest BCUT2D eigenvalue weighted by Crippen LogP contribution is -2.49. The predicted octanol–water partition coefficient (Wildman–Crippen LogP) is 1.14. The molecule has 1 aromatic rings. The van der Waals surface area contributed by atoms with Gasteiger partial charge in [-0.15, -0.1) is 0 Å². The van der Waals surface area contributed by atoms with Gasteiger partial charge in [-0.1, -0.05) is 11.6 Å². The Morgan fingerprint density at radius 1 is 1.27 bits per heavy atom. The van der Waals surface area contributed by atoms with Crippen molar-refractivity contribution in [2.75, 3.05) is 43.4 Å². The van der Waals surface area contributed by atoms with Gasteiger partial charge in [0.25, 0.3) is 0 Å². The van der Waals surface area contributed by atoms with Gasteiger partial charge in [-0.25, -0.2) is 18.4 Å². The molecule has 2 aliphatic rings. The first kappa shape index (κ1) is 16.0. The third-order valence-corrected chi connectivity index (χ3v) is 6.87. The maximum Gasteiger partial charge on any atom is 0.154 e. The molecule has 0 bridgehead atoms. The van der Waals surface area contributed by atoms with Crippen molar-refractivity contribution in [3.8, 4) is 0 Å². The maximum atomic E-state index is 11.9. The number of anilines is 1. The van der Waals surface area contributed by atoms with E-state index >= 15 is 0 Å². The molecular weight excluding hydrogens is 324 g/mol. The average Bonchev–Trinajstić information content (AvgIpc) is 2.78. The van der Waals surface area contributed by atoms with Gasteiger partial charge in [0.05, 0.1) is 11.0 Å². The van der Waals surface area contributed by atoms with Crippen molar-refractivity contribution in [2.45, 2.75) is 25.0 Å². The number of hydrogen-bond donors (Lipinski definition) is 0. The summed E-state index contributed by atoms with van der Waals surface area (Å²) in [5.74, 6) is 1.88. The highest BCUT2D eigenvalue weighted by atomic mass is 35.5. The summed E-state index contributed by atoms with van der Waals surface area (Å²) in [4.78, 5) is 12.9. The van der Waals surface area contributed by atoms with Crippen LogP contribution in [0.15, 0.2) is 6.07 Å². The second-order valence-electron chi connectivity index (χ2n) is 6.01. The zero-order valence-electron chi connectivity index (χ0n) is 12.7. The molecule has 1 atom stereocenters. The standard InChI is InChI=1S/C14H21ClN4O2S/c1-11-16-13(15)9-14(17-11)19-6-4-18(5-7-19)10-12-3-2-8-22(12,20)21/h9,12H,2-8,10H2,1H3/t12-/m1/s1. The van der Waals surface area contributed by atoms with E-state index in [1.54, 1.807) is 6.07 Å². The first-order chi connectivity index (χ1) is 10.4. The molecule has 2 fully saturated rings. The van der Waals surface area contributed by atoms with Crippen LogP contribution in [0.3, 0.4) is 0 Å². The van der Waals surface area contributed by atoms with Crippen LogP contribution in [0.4, 0.5) is 5.82 Å². The Bertz CT molecular complexity index is 624. The molecule has 8 heteroatoms. The van der Waals surface area contributed by atoms with Crippen LogP contribution in [0.5, 0.6) is 0 Å². The van der Waals surface area contributed by atoms with E-state index in [4.69, 9.17) is 11.6 Å². The van der Waals surface area contributed by atoms with Crippen molar-refractivity contribution in [1.82, 2.24) is 14.9 Å². The van der Waals surface area contributed by atoms with E-state index < -0.39 is 9.84 Å². The molecule has 0 aliphatic carbocycles. The number of aromatic nitrogens is 2. The van der Waals surface area contributed by atoms with E-state index in [9.17, 15) is 8.42 Å². The minimum absolute atomic E-state index is 0.171. The van der Waals surface area contributed by atoms with Crippen LogP contribution in [-0.4, -0.2) is 67.0 Å². The number of rotatable bonds is 3. The van der Waals surface area contributed by atoms with Crippen LogP contribution in [-0.2, 0) is 9.84 Å². The third-order valence-electron chi connectivity index (χ3n) is 4.41. The lowest BCUT2D eigenvalue weighted by atomic mass is 10.2. The molecule has 0 N–H and O–H groups in total. The smallest absolute Gasteiger partial charge is 0.154 e. The molecule has 122 valence electrons. The largest absolute Gasteiger partial charge is 0.354 e. The topological polar surface area (TPSA) is 66.4 Å². The van der Waals surface area contributed by atoms with Crippen LogP contribution in [0.2, 0.25) is 5.15 Å². The summed E-state index contributed by atoms with van der Waals surface area (Å²) in [6, 6.07) is 1.78. The van der Waals surface area contributed by atoms with Crippen LogP contribution >= 0.6 is 11.6 Å². The van der Waals surface area contributed by atoms with E-state index in [-0.39, 0.29) is 5.25 Å². The lowest BCUT2D eigenvalue weighted by Gasteiger charge is -2.36. The van der Waals surface area contributed by atoms with Crippen LogP contribution in [0, 0.1) is 6.92 Å². The van der Waals surface area contributed by atoms with Crippen molar-refractivity contribution >= 4 is 27.3 Å². The molecule has 0 amide bonds. The molecular formula is C14H21ClN4O2S. The van der Waals surface area contributed by atoms with Crippen molar-refractivity contribution < 1.29 is 8.42 Å². The van der Waals surface area contributed by atoms with E-state index in [1.165, 1.54) is 0 Å². The molecule has 3 heterocycles. The van der Waals surface area contributed by atoms with E-state index in [2.05, 4.69) is 19.8 Å². The van der Waals surface area contributed by atoms with Gasteiger partial charge in [0.15, 0.2) is 9.84 Å². The molecule has 0 aromatic carbocycles. The van der Waals surface area contributed by atoms with E-state index in [0.29, 0.717) is 23.3 Å². The van der Waals surface area contributed by atoms with Gasteiger partial charge in [0.2, 0.25) is 0 Å². The quantitative estimate of drug-likeness (QED) is 0.766. The van der Waals surface area contributed by atoms with E-state index in [0.717, 1.165) is 44.8 Å². The Kier molecular flexibility index (Phi) is 4.56. The zero-order chi connectivity index (χ0) is 15.7. The van der Waals surface area contributed by atoms with Crippen LogP contribution in [0.1, 0.15) is 18.7 Å². The SMILES string of the molecule is Cc1nc(Cl)cc(N2CCN(C[C@H]3CCCS3(=O)=O)CC2)n1. The molecule has 0 saturated carbocycles. The van der Waals surface area contributed by atoms with Gasteiger partial charge >= 0.3 is 0 Å². The molecule has 0 spiro atoms. The first-order valence-corrected chi connectivity index (χ1v) is 9.73. The van der Waals surface area contributed by atoms with Gasteiger partial charge in [0.1, 0.15) is 16.8 Å². The monoisotopic (exact) mass is 344 g/mol. The van der Waals surface area contributed by atoms with Crippen LogP contribution in [0.25, 0.3) is 0 Å². The molecule has 1 aromatic heterocycles. The van der Waals surface area contributed by atoms with Crippen LogP contribution < -0.4 is 4.90 Å². The minimum Gasteiger partial charge on any atom is -0.354 e.